The molecule has 0 spiro atoms. The van der Waals surface area contributed by atoms with E-state index in [1.54, 1.807) is 16.2 Å². The van der Waals surface area contributed by atoms with Crippen molar-refractivity contribution < 1.29 is 23.8 Å². The Labute approximate surface area is 189 Å². The van der Waals surface area contributed by atoms with E-state index in [4.69, 9.17) is 37.4 Å². The van der Waals surface area contributed by atoms with Gasteiger partial charge in [0.1, 0.15) is 0 Å². The number of nitrogens with zero attached hydrogens (tertiary/aromatic N) is 2. The Morgan fingerprint density at radius 2 is 1.97 bits per heavy atom. The summed E-state index contributed by atoms with van der Waals surface area (Å²) in [6, 6.07) is 9.47. The lowest BCUT2D eigenvalue weighted by molar-refractivity contribution is -0.140. The maximum absolute atomic E-state index is 13.2. The summed E-state index contributed by atoms with van der Waals surface area (Å²) in [5, 5.41) is 1.96. The van der Waals surface area contributed by atoms with E-state index in [-0.39, 0.29) is 32.4 Å². The summed E-state index contributed by atoms with van der Waals surface area (Å²) < 4.78 is 15.8. The van der Waals surface area contributed by atoms with E-state index in [9.17, 15) is 9.59 Å². The van der Waals surface area contributed by atoms with Crippen LogP contribution >= 0.6 is 34.5 Å². The first-order chi connectivity index (χ1) is 14.5. The van der Waals surface area contributed by atoms with Crippen LogP contribution in [0.25, 0.3) is 0 Å². The van der Waals surface area contributed by atoms with Crippen LogP contribution in [0.1, 0.15) is 10.4 Å². The average molecular weight is 473 g/mol. The molecule has 0 bridgehead atoms. The van der Waals surface area contributed by atoms with Gasteiger partial charge in [-0.2, -0.15) is 0 Å². The molecule has 2 amide bonds. The molecule has 0 N–H and O–H groups in total. The van der Waals surface area contributed by atoms with Gasteiger partial charge in [0.2, 0.25) is 12.7 Å². The molecular weight excluding hydrogens is 451 g/mol. The van der Waals surface area contributed by atoms with E-state index in [0.717, 1.165) is 10.4 Å². The Kier molecular flexibility index (Phi) is 8.21. The standard InChI is InChI=1S/C20H22Cl2N2O5S/c1-27-7-6-23(20(26)19(21)22)12-18(25)24(11-15-3-2-8-30-15)10-14-4-5-16-17(9-14)29-13-28-16/h2-5,8-9,19H,6-7,10-13H2,1H3. The van der Waals surface area contributed by atoms with E-state index in [0.29, 0.717) is 24.6 Å². The molecule has 1 aromatic carbocycles. The zero-order chi connectivity index (χ0) is 21.5. The fourth-order valence-corrected chi connectivity index (χ4v) is 3.95. The monoisotopic (exact) mass is 472 g/mol. The molecule has 10 heteroatoms. The van der Waals surface area contributed by atoms with Gasteiger partial charge in [-0.3, -0.25) is 9.59 Å². The molecule has 2 heterocycles. The molecule has 1 aliphatic rings. The van der Waals surface area contributed by atoms with Gasteiger partial charge in [0, 0.05) is 25.1 Å². The van der Waals surface area contributed by atoms with E-state index >= 15 is 0 Å². The van der Waals surface area contributed by atoms with Crippen molar-refractivity contribution >= 4 is 46.4 Å². The quantitative estimate of drug-likeness (QED) is 0.496. The number of fused-ring (bicyclic) bond motifs is 1. The van der Waals surface area contributed by atoms with Gasteiger partial charge in [-0.25, -0.2) is 0 Å². The fraction of sp³-hybridized carbons (Fsp3) is 0.400. The molecule has 2 aromatic rings. The molecule has 3 rings (SSSR count). The van der Waals surface area contributed by atoms with Gasteiger partial charge in [0.25, 0.3) is 5.91 Å². The topological polar surface area (TPSA) is 68.3 Å². The highest BCUT2D eigenvalue weighted by atomic mass is 35.5. The van der Waals surface area contributed by atoms with Crippen molar-refractivity contribution in [3.8, 4) is 11.5 Å². The number of thiophene rings is 1. The highest BCUT2D eigenvalue weighted by Gasteiger charge is 2.25. The van der Waals surface area contributed by atoms with Crippen LogP contribution in [0.15, 0.2) is 35.7 Å². The van der Waals surface area contributed by atoms with Crippen LogP contribution < -0.4 is 9.47 Å². The van der Waals surface area contributed by atoms with Crippen LogP contribution in [0.3, 0.4) is 0 Å². The summed E-state index contributed by atoms with van der Waals surface area (Å²) in [5.41, 5.74) is 0.895. The zero-order valence-corrected chi connectivity index (χ0v) is 18.7. The number of benzene rings is 1. The number of alkyl halides is 2. The molecule has 0 radical (unpaired) electrons. The minimum Gasteiger partial charge on any atom is -0.454 e. The van der Waals surface area contributed by atoms with Crippen molar-refractivity contribution in [1.82, 2.24) is 9.80 Å². The third-order valence-electron chi connectivity index (χ3n) is 4.48. The largest absolute Gasteiger partial charge is 0.454 e. The van der Waals surface area contributed by atoms with Crippen molar-refractivity contribution in [3.05, 3.63) is 46.2 Å². The second-order valence-electron chi connectivity index (χ2n) is 6.57. The van der Waals surface area contributed by atoms with Crippen molar-refractivity contribution in [2.75, 3.05) is 33.6 Å². The van der Waals surface area contributed by atoms with Crippen LogP contribution in [-0.4, -0.2) is 60.0 Å². The SMILES string of the molecule is COCCN(CC(=O)N(Cc1ccc2c(c1)OCO2)Cc1cccs1)C(=O)C(Cl)Cl. The third-order valence-corrected chi connectivity index (χ3v) is 5.71. The van der Waals surface area contributed by atoms with E-state index in [1.165, 1.54) is 12.0 Å². The fourth-order valence-electron chi connectivity index (χ4n) is 2.95. The number of ether oxygens (including phenoxy) is 3. The molecular formula is C20H22Cl2N2O5S. The smallest absolute Gasteiger partial charge is 0.256 e. The van der Waals surface area contributed by atoms with Crippen molar-refractivity contribution in [3.63, 3.8) is 0 Å². The summed E-state index contributed by atoms with van der Waals surface area (Å²) in [7, 11) is 1.52. The van der Waals surface area contributed by atoms with Gasteiger partial charge in [0.15, 0.2) is 16.3 Å². The van der Waals surface area contributed by atoms with Crippen LogP contribution in [0.2, 0.25) is 0 Å². The first-order valence-electron chi connectivity index (χ1n) is 9.22. The lowest BCUT2D eigenvalue weighted by atomic mass is 10.2. The van der Waals surface area contributed by atoms with Gasteiger partial charge in [-0.1, -0.05) is 35.3 Å². The Morgan fingerprint density at radius 1 is 1.17 bits per heavy atom. The number of rotatable bonds is 10. The Morgan fingerprint density at radius 3 is 2.67 bits per heavy atom. The molecule has 0 saturated heterocycles. The molecule has 30 heavy (non-hydrogen) atoms. The molecule has 1 aliphatic heterocycles. The Balaban J connectivity index is 1.76. The summed E-state index contributed by atoms with van der Waals surface area (Å²) in [5.74, 6) is 0.587. The number of halogens is 2. The second-order valence-corrected chi connectivity index (χ2v) is 8.70. The van der Waals surface area contributed by atoms with Crippen molar-refractivity contribution in [1.29, 1.82) is 0 Å². The molecule has 0 atom stereocenters. The van der Waals surface area contributed by atoms with Gasteiger partial charge < -0.3 is 24.0 Å². The van der Waals surface area contributed by atoms with Gasteiger partial charge in [0.05, 0.1) is 19.7 Å². The van der Waals surface area contributed by atoms with Gasteiger partial charge >= 0.3 is 0 Å². The lowest BCUT2D eigenvalue weighted by Gasteiger charge is -2.28. The number of hydrogen-bond acceptors (Lipinski definition) is 6. The average Bonchev–Trinajstić information content (AvgIpc) is 3.41. The summed E-state index contributed by atoms with van der Waals surface area (Å²) in [4.78, 5) is 28.3. The Bertz CT molecular complexity index is 863. The second kappa shape index (κ2) is 10.9. The maximum atomic E-state index is 13.2. The molecule has 0 aliphatic carbocycles. The maximum Gasteiger partial charge on any atom is 0.256 e. The first-order valence-corrected chi connectivity index (χ1v) is 11.0. The van der Waals surface area contributed by atoms with Crippen molar-refractivity contribution in [2.45, 2.75) is 17.9 Å². The number of amides is 2. The number of carbonyl (C=O) groups excluding carboxylic acids is 2. The third kappa shape index (κ3) is 6.01. The van der Waals surface area contributed by atoms with Crippen LogP contribution in [0.4, 0.5) is 0 Å². The normalized spacial score (nSPS) is 12.3. The van der Waals surface area contributed by atoms with Crippen LogP contribution in [0, 0.1) is 0 Å². The lowest BCUT2D eigenvalue weighted by Crippen LogP contribution is -2.45. The highest BCUT2D eigenvalue weighted by molar-refractivity contribution is 7.09. The Hall–Kier alpha value is -2.00. The highest BCUT2D eigenvalue weighted by Crippen LogP contribution is 2.33. The van der Waals surface area contributed by atoms with E-state index < -0.39 is 10.7 Å². The number of methoxy groups -OCH3 is 1. The first kappa shape index (κ1) is 22.7. The minimum atomic E-state index is -1.24. The summed E-state index contributed by atoms with van der Waals surface area (Å²) in [6.45, 7) is 1.30. The molecule has 0 unspecified atom stereocenters. The zero-order valence-electron chi connectivity index (χ0n) is 16.4. The van der Waals surface area contributed by atoms with E-state index in [1.807, 2.05) is 35.7 Å². The summed E-state index contributed by atoms with van der Waals surface area (Å²) in [6.07, 6.45) is 0. The van der Waals surface area contributed by atoms with Crippen molar-refractivity contribution in [2.24, 2.45) is 0 Å². The molecule has 0 fully saturated rings. The number of hydrogen-bond donors (Lipinski definition) is 0. The van der Waals surface area contributed by atoms with Crippen LogP contribution in [-0.2, 0) is 27.4 Å². The minimum absolute atomic E-state index is 0.145. The summed E-state index contributed by atoms with van der Waals surface area (Å²) >= 11 is 13.1. The number of carbonyl (C=O) groups is 2. The molecule has 0 saturated carbocycles. The molecule has 162 valence electrons. The van der Waals surface area contributed by atoms with Gasteiger partial charge in [-0.05, 0) is 29.1 Å². The van der Waals surface area contributed by atoms with E-state index in [2.05, 4.69) is 0 Å². The van der Waals surface area contributed by atoms with Crippen LogP contribution in [0.5, 0.6) is 11.5 Å². The predicted octanol–water partition coefficient (Wildman–Crippen LogP) is 3.28. The molecule has 7 nitrogen and oxygen atoms in total. The van der Waals surface area contributed by atoms with Gasteiger partial charge in [-0.15, -0.1) is 11.3 Å². The molecule has 1 aromatic heterocycles. The predicted molar refractivity (Wildman–Crippen MR) is 115 cm³/mol.